The van der Waals surface area contributed by atoms with E-state index >= 15 is 0 Å². The number of aliphatic hydroxyl groups is 1. The van der Waals surface area contributed by atoms with Crippen molar-refractivity contribution in [3.8, 4) is 0 Å². The minimum absolute atomic E-state index is 0.0824. The third-order valence-electron chi connectivity index (χ3n) is 6.35. The van der Waals surface area contributed by atoms with E-state index in [1.54, 1.807) is 0 Å². The summed E-state index contributed by atoms with van der Waals surface area (Å²) in [6.07, 6.45) is -15.5. The molecule has 0 radical (unpaired) electrons. The van der Waals surface area contributed by atoms with E-state index in [0.29, 0.717) is 0 Å². The first-order chi connectivity index (χ1) is 14.7. The van der Waals surface area contributed by atoms with Crippen LogP contribution < -0.4 is 0 Å². The standard InChI is InChI=1S/C16H18F8O8S/c17-14(18,33(27,28)29)6-30-11(25)10-5-31-12(32-10)3-7-1-9(12)2-8(7)4-13(26,15(19,20)21)16(22,23)24/h7-10,26H,1-6H2,(H,27,28,29). The zero-order valence-corrected chi connectivity index (χ0v) is 17.1. The molecule has 0 aromatic rings. The molecule has 33 heavy (non-hydrogen) atoms. The lowest BCUT2D eigenvalue weighted by Crippen LogP contribution is -2.58. The van der Waals surface area contributed by atoms with E-state index in [-0.39, 0.29) is 19.3 Å². The average molecular weight is 522 g/mol. The lowest BCUT2D eigenvalue weighted by atomic mass is 9.77. The number of carbonyl (C=O) groups is 1. The second-order valence-electron chi connectivity index (χ2n) is 8.40. The molecule has 17 heteroatoms. The number of esters is 1. The summed E-state index contributed by atoms with van der Waals surface area (Å²) < 4.78 is 149. The van der Waals surface area contributed by atoms with E-state index in [1.165, 1.54) is 0 Å². The number of ether oxygens (including phenoxy) is 3. The van der Waals surface area contributed by atoms with Gasteiger partial charge in [0.25, 0.3) is 5.60 Å². The highest BCUT2D eigenvalue weighted by Crippen LogP contribution is 2.61. The summed E-state index contributed by atoms with van der Waals surface area (Å²) in [7, 11) is -5.86. The Kier molecular flexibility index (Phi) is 6.27. The summed E-state index contributed by atoms with van der Waals surface area (Å²) in [6, 6.07) is 0. The fourth-order valence-corrected chi connectivity index (χ4v) is 4.87. The largest absolute Gasteiger partial charge is 0.456 e. The second-order valence-corrected chi connectivity index (χ2v) is 9.95. The fraction of sp³-hybridized carbons (Fsp3) is 0.938. The lowest BCUT2D eigenvalue weighted by molar-refractivity contribution is -0.373. The van der Waals surface area contributed by atoms with Crippen LogP contribution in [-0.2, 0) is 29.1 Å². The van der Waals surface area contributed by atoms with Crippen LogP contribution in [0.3, 0.4) is 0 Å². The van der Waals surface area contributed by atoms with Crippen LogP contribution in [0.5, 0.6) is 0 Å². The molecule has 2 saturated carbocycles. The molecule has 3 aliphatic rings. The minimum Gasteiger partial charge on any atom is -0.456 e. The minimum atomic E-state index is -5.95. The fourth-order valence-electron chi connectivity index (χ4n) is 4.66. The highest BCUT2D eigenvalue weighted by atomic mass is 32.2. The Hall–Kier alpha value is -1.30. The van der Waals surface area contributed by atoms with Crippen molar-refractivity contribution in [2.24, 2.45) is 17.8 Å². The quantitative estimate of drug-likeness (QED) is 0.310. The SMILES string of the molecule is O=C(OCC(F)(F)S(=O)(=O)O)C1COC2(CC3CC2CC3CC(O)(C(F)(F)F)C(F)(F)F)O1. The molecule has 0 aromatic carbocycles. The second kappa shape index (κ2) is 7.86. The molecule has 0 amide bonds. The van der Waals surface area contributed by atoms with Crippen molar-refractivity contribution in [2.75, 3.05) is 13.2 Å². The van der Waals surface area contributed by atoms with Crippen molar-refractivity contribution >= 4 is 16.1 Å². The van der Waals surface area contributed by atoms with Crippen LogP contribution in [-0.4, -0.2) is 72.4 Å². The van der Waals surface area contributed by atoms with E-state index in [1.807, 2.05) is 0 Å². The number of halogens is 8. The molecule has 1 spiro atoms. The van der Waals surface area contributed by atoms with Crippen molar-refractivity contribution in [3.63, 3.8) is 0 Å². The van der Waals surface area contributed by atoms with Gasteiger partial charge in [0, 0.05) is 12.3 Å². The molecule has 192 valence electrons. The first-order valence-corrected chi connectivity index (χ1v) is 10.9. The number of alkyl halides is 8. The van der Waals surface area contributed by atoms with Crippen LogP contribution in [0.15, 0.2) is 0 Å². The zero-order chi connectivity index (χ0) is 25.3. The predicted molar refractivity (Wildman–Crippen MR) is 87.0 cm³/mol. The van der Waals surface area contributed by atoms with Gasteiger partial charge in [-0.15, -0.1) is 0 Å². The maximum atomic E-state index is 13.2. The highest BCUT2D eigenvalue weighted by Gasteiger charge is 2.72. The lowest BCUT2D eigenvalue weighted by Gasteiger charge is -2.39. The molecule has 1 heterocycles. The Bertz CT molecular complexity index is 874. The number of hydrogen-bond donors (Lipinski definition) is 2. The third kappa shape index (κ3) is 4.53. The van der Waals surface area contributed by atoms with Crippen molar-refractivity contribution in [3.05, 3.63) is 0 Å². The molecule has 1 saturated heterocycles. The molecule has 5 unspecified atom stereocenters. The molecule has 2 N–H and O–H groups in total. The van der Waals surface area contributed by atoms with Crippen LogP contribution in [0.4, 0.5) is 35.1 Å². The van der Waals surface area contributed by atoms with E-state index in [9.17, 15) is 53.4 Å². The summed E-state index contributed by atoms with van der Waals surface area (Å²) >= 11 is 0. The van der Waals surface area contributed by atoms with E-state index in [2.05, 4.69) is 4.74 Å². The normalized spacial score (nSPS) is 33.2. The van der Waals surface area contributed by atoms with Gasteiger partial charge in [0.05, 0.1) is 6.61 Å². The molecule has 3 rings (SSSR count). The van der Waals surface area contributed by atoms with Crippen LogP contribution in [0.2, 0.25) is 0 Å². The van der Waals surface area contributed by atoms with E-state index in [0.717, 1.165) is 0 Å². The van der Waals surface area contributed by atoms with Gasteiger partial charge in [0.2, 0.25) is 0 Å². The third-order valence-corrected chi connectivity index (χ3v) is 7.22. The molecule has 2 aliphatic carbocycles. The summed E-state index contributed by atoms with van der Waals surface area (Å²) in [5.41, 5.74) is -4.90. The van der Waals surface area contributed by atoms with Crippen molar-refractivity contribution < 1.29 is 72.2 Å². The molecule has 1 aliphatic heterocycles. The van der Waals surface area contributed by atoms with Crippen LogP contribution in [0.1, 0.15) is 25.7 Å². The Morgan fingerprint density at radius 2 is 1.64 bits per heavy atom. The number of rotatable bonds is 6. The van der Waals surface area contributed by atoms with Crippen LogP contribution >= 0.6 is 0 Å². The maximum Gasteiger partial charge on any atom is 0.426 e. The van der Waals surface area contributed by atoms with Gasteiger partial charge in [-0.2, -0.15) is 43.5 Å². The Morgan fingerprint density at radius 1 is 1.06 bits per heavy atom. The van der Waals surface area contributed by atoms with Gasteiger partial charge >= 0.3 is 33.7 Å². The Morgan fingerprint density at radius 3 is 2.09 bits per heavy atom. The van der Waals surface area contributed by atoms with Gasteiger partial charge in [0.1, 0.15) is 0 Å². The van der Waals surface area contributed by atoms with Crippen molar-refractivity contribution in [2.45, 2.75) is 60.8 Å². The smallest absolute Gasteiger partial charge is 0.426 e. The van der Waals surface area contributed by atoms with Gasteiger partial charge in [-0.1, -0.05) is 0 Å². The Balaban J connectivity index is 1.62. The maximum absolute atomic E-state index is 13.2. The van der Waals surface area contributed by atoms with Gasteiger partial charge in [-0.05, 0) is 31.1 Å². The average Bonchev–Trinajstić information content (AvgIpc) is 3.32. The van der Waals surface area contributed by atoms with Crippen LogP contribution in [0.25, 0.3) is 0 Å². The first-order valence-electron chi connectivity index (χ1n) is 9.41. The number of hydrogen-bond acceptors (Lipinski definition) is 7. The summed E-state index contributed by atoms with van der Waals surface area (Å²) in [6.45, 7) is -2.56. The monoisotopic (exact) mass is 522 g/mol. The zero-order valence-electron chi connectivity index (χ0n) is 16.3. The van der Waals surface area contributed by atoms with E-state index in [4.69, 9.17) is 14.0 Å². The summed E-state index contributed by atoms with van der Waals surface area (Å²) in [4.78, 5) is 11.9. The molecule has 8 nitrogen and oxygen atoms in total. The van der Waals surface area contributed by atoms with Gasteiger partial charge in [-0.3, -0.25) is 4.55 Å². The predicted octanol–water partition coefficient (Wildman–Crippen LogP) is 2.41. The van der Waals surface area contributed by atoms with E-state index < -0.39 is 88.6 Å². The Labute approximate surface area is 180 Å². The number of carbonyl (C=O) groups excluding carboxylic acids is 1. The first kappa shape index (κ1) is 26.3. The van der Waals surface area contributed by atoms with Gasteiger partial charge in [0.15, 0.2) is 18.5 Å². The topological polar surface area (TPSA) is 119 Å². The van der Waals surface area contributed by atoms with Crippen molar-refractivity contribution in [1.82, 2.24) is 0 Å². The molecule has 0 aromatic heterocycles. The molecule has 3 fully saturated rings. The molecular formula is C16H18F8O8S. The van der Waals surface area contributed by atoms with Gasteiger partial charge in [-0.25, -0.2) is 4.79 Å². The number of fused-ring (bicyclic) bond motifs is 3. The van der Waals surface area contributed by atoms with Gasteiger partial charge < -0.3 is 19.3 Å². The highest BCUT2D eigenvalue weighted by molar-refractivity contribution is 7.86. The van der Waals surface area contributed by atoms with Crippen molar-refractivity contribution in [1.29, 1.82) is 0 Å². The summed E-state index contributed by atoms with van der Waals surface area (Å²) in [5.74, 6) is -5.72. The molecular weight excluding hydrogens is 504 g/mol. The van der Waals surface area contributed by atoms with Crippen LogP contribution in [0, 0.1) is 17.8 Å². The molecule has 5 atom stereocenters. The molecule has 2 bridgehead atoms. The summed E-state index contributed by atoms with van der Waals surface area (Å²) in [5, 5.41) is 4.65.